The molecule has 0 aromatic heterocycles. The van der Waals surface area contributed by atoms with Crippen LogP contribution in [0, 0.1) is 13.8 Å². The van der Waals surface area contributed by atoms with Gasteiger partial charge >= 0.3 is 0 Å². The monoisotopic (exact) mass is 219 g/mol. The van der Waals surface area contributed by atoms with Gasteiger partial charge in [-0.05, 0) is 32.3 Å². The first kappa shape index (κ1) is 11.6. The maximum atomic E-state index is 9.45. The van der Waals surface area contributed by atoms with Crippen molar-refractivity contribution >= 4 is 0 Å². The molecule has 0 saturated carbocycles. The van der Waals surface area contributed by atoms with Gasteiger partial charge in [0.05, 0.1) is 6.10 Å². The van der Waals surface area contributed by atoms with Gasteiger partial charge in [-0.3, -0.25) is 4.90 Å². The minimum absolute atomic E-state index is 0.0736. The first-order valence-electron chi connectivity index (χ1n) is 6.11. The molecule has 1 aromatic rings. The van der Waals surface area contributed by atoms with Gasteiger partial charge in [-0.2, -0.15) is 0 Å². The Morgan fingerprint density at radius 2 is 1.69 bits per heavy atom. The molecule has 1 aromatic carbocycles. The summed E-state index contributed by atoms with van der Waals surface area (Å²) in [6, 6.07) is 6.74. The molecule has 2 rings (SSSR count). The lowest BCUT2D eigenvalue weighted by atomic mass is 10.0. The van der Waals surface area contributed by atoms with E-state index in [1.807, 2.05) is 0 Å². The number of benzene rings is 1. The molecule has 2 nitrogen and oxygen atoms in total. The van der Waals surface area contributed by atoms with Crippen LogP contribution in [0.25, 0.3) is 0 Å². The lowest BCUT2D eigenvalue weighted by Crippen LogP contribution is -2.35. The highest BCUT2D eigenvalue weighted by molar-refractivity contribution is 5.28. The number of nitrogens with zero attached hydrogens (tertiary/aromatic N) is 1. The molecule has 0 amide bonds. The lowest BCUT2D eigenvalue weighted by Gasteiger charge is -2.29. The van der Waals surface area contributed by atoms with Crippen LogP contribution in [0.2, 0.25) is 0 Å². The summed E-state index contributed by atoms with van der Waals surface area (Å²) in [5.41, 5.74) is 4.08. The van der Waals surface area contributed by atoms with E-state index in [0.717, 1.165) is 32.5 Å². The van der Waals surface area contributed by atoms with E-state index in [1.54, 1.807) is 0 Å². The molecule has 0 aliphatic carbocycles. The molecule has 0 atom stereocenters. The van der Waals surface area contributed by atoms with Crippen molar-refractivity contribution in [1.29, 1.82) is 0 Å². The van der Waals surface area contributed by atoms with Crippen LogP contribution in [0.5, 0.6) is 0 Å². The molecule has 1 heterocycles. The zero-order valence-electron chi connectivity index (χ0n) is 10.2. The first-order valence-corrected chi connectivity index (χ1v) is 6.11. The third-order valence-electron chi connectivity index (χ3n) is 3.24. The smallest absolute Gasteiger partial charge is 0.0564 e. The average Bonchev–Trinajstić information content (AvgIpc) is 2.20. The van der Waals surface area contributed by atoms with Gasteiger partial charge in [-0.25, -0.2) is 0 Å². The molecule has 0 bridgehead atoms. The molecule has 1 fully saturated rings. The SMILES string of the molecule is Cc1cc(C)cc(CN2CCC(O)CC2)c1. The first-order chi connectivity index (χ1) is 7.63. The summed E-state index contributed by atoms with van der Waals surface area (Å²) in [6.07, 6.45) is 1.77. The minimum atomic E-state index is -0.0736. The number of aliphatic hydroxyl groups excluding tert-OH is 1. The maximum Gasteiger partial charge on any atom is 0.0564 e. The van der Waals surface area contributed by atoms with Crippen molar-refractivity contribution in [2.45, 2.75) is 39.3 Å². The quantitative estimate of drug-likeness (QED) is 0.824. The predicted octanol–water partition coefficient (Wildman–Crippen LogP) is 2.26. The average molecular weight is 219 g/mol. The van der Waals surface area contributed by atoms with Crippen molar-refractivity contribution in [1.82, 2.24) is 4.90 Å². The molecule has 0 unspecified atom stereocenters. The second kappa shape index (κ2) is 4.98. The number of hydrogen-bond donors (Lipinski definition) is 1. The van der Waals surface area contributed by atoms with Crippen molar-refractivity contribution in [2.75, 3.05) is 13.1 Å². The van der Waals surface area contributed by atoms with E-state index in [0.29, 0.717) is 0 Å². The van der Waals surface area contributed by atoms with E-state index in [-0.39, 0.29) is 6.10 Å². The Morgan fingerprint density at radius 3 is 2.25 bits per heavy atom. The fourth-order valence-corrected chi connectivity index (χ4v) is 2.50. The van der Waals surface area contributed by atoms with Gasteiger partial charge in [-0.15, -0.1) is 0 Å². The summed E-state index contributed by atoms with van der Waals surface area (Å²) in [7, 11) is 0. The molecule has 1 N–H and O–H groups in total. The van der Waals surface area contributed by atoms with Crippen LogP contribution < -0.4 is 0 Å². The lowest BCUT2D eigenvalue weighted by molar-refractivity contribution is 0.0792. The third kappa shape index (κ3) is 3.06. The number of aliphatic hydroxyl groups is 1. The molecule has 16 heavy (non-hydrogen) atoms. The highest BCUT2D eigenvalue weighted by Crippen LogP contribution is 2.15. The van der Waals surface area contributed by atoms with E-state index in [4.69, 9.17) is 0 Å². The predicted molar refractivity (Wildman–Crippen MR) is 66.4 cm³/mol. The van der Waals surface area contributed by atoms with E-state index in [1.165, 1.54) is 16.7 Å². The number of aryl methyl sites for hydroxylation is 2. The second-order valence-corrected chi connectivity index (χ2v) is 5.00. The summed E-state index contributed by atoms with van der Waals surface area (Å²) in [5.74, 6) is 0. The Kier molecular flexibility index (Phi) is 3.62. The number of rotatable bonds is 2. The molecular formula is C14H21NO. The van der Waals surface area contributed by atoms with Crippen LogP contribution in [0.3, 0.4) is 0 Å². The van der Waals surface area contributed by atoms with Gasteiger partial charge in [0.2, 0.25) is 0 Å². The highest BCUT2D eigenvalue weighted by atomic mass is 16.3. The van der Waals surface area contributed by atoms with Crippen molar-refractivity contribution in [3.8, 4) is 0 Å². The maximum absolute atomic E-state index is 9.45. The molecule has 1 aliphatic heterocycles. The van der Waals surface area contributed by atoms with Gasteiger partial charge in [-0.1, -0.05) is 29.3 Å². The Hall–Kier alpha value is -0.860. The molecule has 1 aliphatic rings. The minimum Gasteiger partial charge on any atom is -0.393 e. The zero-order chi connectivity index (χ0) is 11.5. The number of hydrogen-bond acceptors (Lipinski definition) is 2. The van der Waals surface area contributed by atoms with Gasteiger partial charge < -0.3 is 5.11 Å². The summed E-state index contributed by atoms with van der Waals surface area (Å²) >= 11 is 0. The zero-order valence-corrected chi connectivity index (χ0v) is 10.2. The largest absolute Gasteiger partial charge is 0.393 e. The van der Waals surface area contributed by atoms with E-state index in [9.17, 15) is 5.11 Å². The van der Waals surface area contributed by atoms with E-state index in [2.05, 4.69) is 36.9 Å². The van der Waals surface area contributed by atoms with Gasteiger partial charge in [0.1, 0.15) is 0 Å². The van der Waals surface area contributed by atoms with Crippen molar-refractivity contribution in [2.24, 2.45) is 0 Å². The summed E-state index contributed by atoms with van der Waals surface area (Å²) in [6.45, 7) is 7.37. The van der Waals surface area contributed by atoms with Crippen molar-refractivity contribution < 1.29 is 5.11 Å². The fraction of sp³-hybridized carbons (Fsp3) is 0.571. The second-order valence-electron chi connectivity index (χ2n) is 5.00. The molecule has 0 spiro atoms. The van der Waals surface area contributed by atoms with Crippen LogP contribution in [0.15, 0.2) is 18.2 Å². The standard InChI is InChI=1S/C14H21NO/c1-11-7-12(2)9-13(8-11)10-15-5-3-14(16)4-6-15/h7-9,14,16H,3-6,10H2,1-2H3. The van der Waals surface area contributed by atoms with Gasteiger partial charge in [0.15, 0.2) is 0 Å². The molecule has 1 saturated heterocycles. The van der Waals surface area contributed by atoms with E-state index >= 15 is 0 Å². The van der Waals surface area contributed by atoms with Crippen LogP contribution in [0.1, 0.15) is 29.5 Å². The molecular weight excluding hydrogens is 198 g/mol. The highest BCUT2D eigenvalue weighted by Gasteiger charge is 2.16. The van der Waals surface area contributed by atoms with Crippen molar-refractivity contribution in [3.63, 3.8) is 0 Å². The topological polar surface area (TPSA) is 23.5 Å². The fourth-order valence-electron chi connectivity index (χ4n) is 2.50. The van der Waals surface area contributed by atoms with Crippen molar-refractivity contribution in [3.05, 3.63) is 34.9 Å². The Labute approximate surface area is 97.9 Å². The van der Waals surface area contributed by atoms with Crippen LogP contribution in [-0.4, -0.2) is 29.2 Å². The van der Waals surface area contributed by atoms with Crippen LogP contribution in [-0.2, 0) is 6.54 Å². The Bertz CT molecular complexity index is 334. The molecule has 88 valence electrons. The normalized spacial score (nSPS) is 18.9. The number of likely N-dealkylation sites (tertiary alicyclic amines) is 1. The molecule has 0 radical (unpaired) electrons. The van der Waals surface area contributed by atoms with Crippen LogP contribution >= 0.6 is 0 Å². The van der Waals surface area contributed by atoms with E-state index < -0.39 is 0 Å². The van der Waals surface area contributed by atoms with Gasteiger partial charge in [0, 0.05) is 19.6 Å². The summed E-state index contributed by atoms with van der Waals surface area (Å²) in [5, 5.41) is 9.45. The Morgan fingerprint density at radius 1 is 1.12 bits per heavy atom. The summed E-state index contributed by atoms with van der Waals surface area (Å²) in [4.78, 5) is 2.43. The summed E-state index contributed by atoms with van der Waals surface area (Å²) < 4.78 is 0. The van der Waals surface area contributed by atoms with Crippen LogP contribution in [0.4, 0.5) is 0 Å². The molecule has 2 heteroatoms. The van der Waals surface area contributed by atoms with Gasteiger partial charge in [0.25, 0.3) is 0 Å². The Balaban J connectivity index is 1.98. The third-order valence-corrected chi connectivity index (χ3v) is 3.24. The number of piperidine rings is 1.